The van der Waals surface area contributed by atoms with Crippen LogP contribution in [0.4, 0.5) is 0 Å². The summed E-state index contributed by atoms with van der Waals surface area (Å²) in [7, 11) is 1.58. The van der Waals surface area contributed by atoms with Crippen LogP contribution in [0.1, 0.15) is 24.9 Å². The molecule has 2 atom stereocenters. The summed E-state index contributed by atoms with van der Waals surface area (Å²) < 4.78 is 15.7. The van der Waals surface area contributed by atoms with Crippen molar-refractivity contribution in [1.29, 1.82) is 0 Å². The Morgan fingerprint density at radius 2 is 2.33 bits per heavy atom. The Kier molecular flexibility index (Phi) is 3.72. The monoisotopic (exact) mass is 251 g/mol. The van der Waals surface area contributed by atoms with Gasteiger partial charge in [0.2, 0.25) is 0 Å². The van der Waals surface area contributed by atoms with Crippen molar-refractivity contribution in [2.75, 3.05) is 13.7 Å². The van der Waals surface area contributed by atoms with E-state index in [0.717, 1.165) is 5.56 Å². The number of carbonyl (C=O) groups excluding carboxylic acids is 1. The number of methoxy groups -OCH3 is 1. The summed E-state index contributed by atoms with van der Waals surface area (Å²) >= 11 is 0. The Labute approximate surface area is 106 Å². The van der Waals surface area contributed by atoms with Crippen LogP contribution in [0.15, 0.2) is 18.2 Å². The molecule has 1 aromatic rings. The van der Waals surface area contributed by atoms with Gasteiger partial charge >= 0.3 is 5.97 Å². The number of carbonyl (C=O) groups is 1. The topological polar surface area (TPSA) is 70.8 Å². The largest absolute Gasteiger partial charge is 0.497 e. The molecule has 0 bridgehead atoms. The zero-order valence-corrected chi connectivity index (χ0v) is 10.5. The summed E-state index contributed by atoms with van der Waals surface area (Å²) in [4.78, 5) is 11.7. The van der Waals surface area contributed by atoms with Crippen molar-refractivity contribution in [2.45, 2.75) is 25.5 Å². The molecule has 0 amide bonds. The fourth-order valence-electron chi connectivity index (χ4n) is 1.99. The molecule has 5 nitrogen and oxygen atoms in total. The average molecular weight is 251 g/mol. The van der Waals surface area contributed by atoms with Crippen molar-refractivity contribution in [2.24, 2.45) is 5.73 Å². The van der Waals surface area contributed by atoms with Gasteiger partial charge in [0.1, 0.15) is 11.5 Å². The highest BCUT2D eigenvalue weighted by Gasteiger charge is 2.32. The van der Waals surface area contributed by atoms with Gasteiger partial charge in [-0.05, 0) is 13.0 Å². The van der Waals surface area contributed by atoms with Crippen molar-refractivity contribution in [3.63, 3.8) is 0 Å². The number of ether oxygens (including phenoxy) is 3. The van der Waals surface area contributed by atoms with Crippen molar-refractivity contribution in [1.82, 2.24) is 0 Å². The van der Waals surface area contributed by atoms with E-state index in [2.05, 4.69) is 0 Å². The minimum atomic E-state index is -0.639. The molecule has 5 heteroatoms. The average Bonchev–Trinajstić information content (AvgIpc) is 2.38. The van der Waals surface area contributed by atoms with Gasteiger partial charge < -0.3 is 19.9 Å². The second kappa shape index (κ2) is 5.27. The second-order valence-corrected chi connectivity index (χ2v) is 4.10. The molecule has 1 heterocycles. The number of rotatable bonds is 3. The van der Waals surface area contributed by atoms with Gasteiger partial charge in [0.15, 0.2) is 6.10 Å². The Balaban J connectivity index is 2.23. The van der Waals surface area contributed by atoms with E-state index >= 15 is 0 Å². The fraction of sp³-hybridized carbons (Fsp3) is 0.462. The smallest absolute Gasteiger partial charge is 0.347 e. The van der Waals surface area contributed by atoms with E-state index in [0.29, 0.717) is 24.5 Å². The lowest BCUT2D eigenvalue weighted by Crippen LogP contribution is -2.36. The summed E-state index contributed by atoms with van der Waals surface area (Å²) in [5.74, 6) is 0.887. The third-order valence-corrected chi connectivity index (χ3v) is 2.91. The number of hydrogen-bond donors (Lipinski definition) is 1. The van der Waals surface area contributed by atoms with Crippen LogP contribution in [0.2, 0.25) is 0 Å². The molecular weight excluding hydrogens is 234 g/mol. The second-order valence-electron chi connectivity index (χ2n) is 4.10. The fourth-order valence-corrected chi connectivity index (χ4v) is 1.99. The van der Waals surface area contributed by atoms with Crippen LogP contribution in [0, 0.1) is 0 Å². The van der Waals surface area contributed by atoms with Gasteiger partial charge in [0.05, 0.1) is 13.7 Å². The number of nitrogens with two attached hydrogens (primary N) is 1. The molecule has 18 heavy (non-hydrogen) atoms. The van der Waals surface area contributed by atoms with Crippen LogP contribution >= 0.6 is 0 Å². The molecule has 0 aromatic heterocycles. The van der Waals surface area contributed by atoms with Gasteiger partial charge in [-0.1, -0.05) is 6.07 Å². The molecule has 0 aliphatic carbocycles. The molecule has 1 aliphatic heterocycles. The van der Waals surface area contributed by atoms with E-state index in [-0.39, 0.29) is 12.0 Å². The Morgan fingerprint density at radius 3 is 3.00 bits per heavy atom. The summed E-state index contributed by atoms with van der Waals surface area (Å²) in [6, 6.07) is 5.20. The Hall–Kier alpha value is -1.75. The molecule has 0 spiro atoms. The van der Waals surface area contributed by atoms with Crippen LogP contribution < -0.4 is 15.2 Å². The lowest BCUT2D eigenvalue weighted by atomic mass is 9.97. The van der Waals surface area contributed by atoms with Gasteiger partial charge in [0.25, 0.3) is 0 Å². The maximum Gasteiger partial charge on any atom is 0.347 e. The molecule has 98 valence electrons. The highest BCUT2D eigenvalue weighted by Crippen LogP contribution is 2.36. The van der Waals surface area contributed by atoms with Crippen LogP contribution in [-0.4, -0.2) is 25.8 Å². The lowest BCUT2D eigenvalue weighted by molar-refractivity contribution is -0.152. The SMILES string of the molecule is CCOC(=O)[C@H]1C[C@@H](N)c2ccc(OC)cc2O1. The standard InChI is InChI=1S/C13H17NO4/c1-3-17-13(15)12-7-10(14)9-5-4-8(16-2)6-11(9)18-12/h4-6,10,12H,3,7,14H2,1-2H3/t10-,12-/m1/s1. The highest BCUT2D eigenvalue weighted by atomic mass is 16.6. The molecule has 0 saturated carbocycles. The van der Waals surface area contributed by atoms with Gasteiger partial charge in [0, 0.05) is 24.1 Å². The Bertz CT molecular complexity index is 447. The van der Waals surface area contributed by atoms with Crippen molar-refractivity contribution >= 4 is 5.97 Å². The van der Waals surface area contributed by atoms with Crippen molar-refractivity contribution in [3.8, 4) is 11.5 Å². The third-order valence-electron chi connectivity index (χ3n) is 2.91. The number of benzene rings is 1. The minimum Gasteiger partial charge on any atom is -0.497 e. The summed E-state index contributed by atoms with van der Waals surface area (Å²) in [6.07, 6.45) is -0.211. The number of hydrogen-bond acceptors (Lipinski definition) is 5. The number of esters is 1. The summed E-state index contributed by atoms with van der Waals surface area (Å²) in [5.41, 5.74) is 6.92. The van der Waals surface area contributed by atoms with E-state index in [1.807, 2.05) is 12.1 Å². The first-order valence-corrected chi connectivity index (χ1v) is 5.92. The molecular formula is C13H17NO4. The van der Waals surface area contributed by atoms with Gasteiger partial charge in [-0.15, -0.1) is 0 Å². The predicted molar refractivity (Wildman–Crippen MR) is 65.6 cm³/mol. The first kappa shape index (κ1) is 12.7. The molecule has 1 aliphatic rings. The van der Waals surface area contributed by atoms with Crippen molar-refractivity contribution < 1.29 is 19.0 Å². The molecule has 0 unspecified atom stereocenters. The molecule has 0 radical (unpaired) electrons. The van der Waals surface area contributed by atoms with E-state index < -0.39 is 6.10 Å². The first-order valence-electron chi connectivity index (χ1n) is 5.92. The lowest BCUT2D eigenvalue weighted by Gasteiger charge is -2.29. The highest BCUT2D eigenvalue weighted by molar-refractivity contribution is 5.75. The van der Waals surface area contributed by atoms with E-state index in [1.54, 1.807) is 20.1 Å². The van der Waals surface area contributed by atoms with Crippen molar-refractivity contribution in [3.05, 3.63) is 23.8 Å². The van der Waals surface area contributed by atoms with E-state index in [4.69, 9.17) is 19.9 Å². The van der Waals surface area contributed by atoms with E-state index in [1.165, 1.54) is 0 Å². The maximum absolute atomic E-state index is 11.7. The summed E-state index contributed by atoms with van der Waals surface area (Å²) in [6.45, 7) is 2.09. The first-order chi connectivity index (χ1) is 8.65. The summed E-state index contributed by atoms with van der Waals surface area (Å²) in [5, 5.41) is 0. The van der Waals surface area contributed by atoms with Crippen LogP contribution in [0.5, 0.6) is 11.5 Å². The van der Waals surface area contributed by atoms with Gasteiger partial charge in [-0.3, -0.25) is 0 Å². The van der Waals surface area contributed by atoms with Gasteiger partial charge in [-0.2, -0.15) is 0 Å². The zero-order chi connectivity index (χ0) is 13.1. The van der Waals surface area contributed by atoms with Gasteiger partial charge in [-0.25, -0.2) is 4.79 Å². The molecule has 0 fully saturated rings. The minimum absolute atomic E-state index is 0.228. The third kappa shape index (κ3) is 2.41. The molecule has 1 aromatic carbocycles. The molecule has 2 rings (SSSR count). The molecule has 2 N–H and O–H groups in total. The van der Waals surface area contributed by atoms with Crippen LogP contribution in [0.25, 0.3) is 0 Å². The molecule has 0 saturated heterocycles. The normalized spacial score (nSPS) is 21.7. The Morgan fingerprint density at radius 1 is 1.56 bits per heavy atom. The van der Waals surface area contributed by atoms with E-state index in [9.17, 15) is 4.79 Å². The zero-order valence-electron chi connectivity index (χ0n) is 10.5. The predicted octanol–water partition coefficient (Wildman–Crippen LogP) is 1.41. The van der Waals surface area contributed by atoms with Crippen LogP contribution in [-0.2, 0) is 9.53 Å². The maximum atomic E-state index is 11.7. The quantitative estimate of drug-likeness (QED) is 0.822. The number of fused-ring (bicyclic) bond motifs is 1. The van der Waals surface area contributed by atoms with Crippen LogP contribution in [0.3, 0.4) is 0 Å².